The topological polar surface area (TPSA) is 87.0 Å². The molecule has 3 rings (SSSR count). The van der Waals surface area contributed by atoms with Gasteiger partial charge in [0.1, 0.15) is 11.5 Å². The van der Waals surface area contributed by atoms with E-state index in [9.17, 15) is 20.1 Å². The molecular weight excluding hydrogens is 404 g/mol. The number of hydrogen-bond acceptors (Lipinski definition) is 5. The van der Waals surface area contributed by atoms with Crippen molar-refractivity contribution >= 4 is 5.78 Å². The molecule has 176 valence electrons. The van der Waals surface area contributed by atoms with Gasteiger partial charge in [0.25, 0.3) is 0 Å². The van der Waals surface area contributed by atoms with Gasteiger partial charge >= 0.3 is 0 Å². The number of rotatable bonds is 4. The molecule has 1 aliphatic heterocycles. The molecule has 0 saturated carbocycles. The molecule has 0 radical (unpaired) electrons. The molecule has 5 heteroatoms. The Hall–Kier alpha value is -2.11. The highest BCUT2D eigenvalue weighted by atomic mass is 16.5. The Bertz CT molecular complexity index is 951. The number of allylic oxidation sites excluding steroid dienone is 2. The Balaban J connectivity index is 1.98. The van der Waals surface area contributed by atoms with Gasteiger partial charge in [0, 0.05) is 18.4 Å². The van der Waals surface area contributed by atoms with E-state index in [1.54, 1.807) is 19.1 Å². The summed E-state index contributed by atoms with van der Waals surface area (Å²) >= 11 is 0. The molecule has 0 spiro atoms. The second-order valence-corrected chi connectivity index (χ2v) is 10.8. The molecule has 2 aliphatic rings. The van der Waals surface area contributed by atoms with Crippen molar-refractivity contribution < 1.29 is 24.9 Å². The summed E-state index contributed by atoms with van der Waals surface area (Å²) in [6, 6.07) is 3.12. The number of carbonyl (C=O) groups excluding carboxylic acids is 1. The fourth-order valence-electron chi connectivity index (χ4n) is 4.94. The number of fused-ring (bicyclic) bond motifs is 1. The van der Waals surface area contributed by atoms with Crippen LogP contribution in [0.1, 0.15) is 77.8 Å². The minimum absolute atomic E-state index is 0.120. The van der Waals surface area contributed by atoms with Gasteiger partial charge in [0.05, 0.1) is 17.8 Å². The van der Waals surface area contributed by atoms with E-state index in [4.69, 9.17) is 4.74 Å². The van der Waals surface area contributed by atoms with Crippen LogP contribution in [-0.2, 0) is 16.0 Å². The van der Waals surface area contributed by atoms with Crippen LogP contribution in [-0.4, -0.2) is 38.9 Å². The van der Waals surface area contributed by atoms with E-state index < -0.39 is 11.7 Å². The lowest BCUT2D eigenvalue weighted by atomic mass is 9.72. The normalized spacial score (nSPS) is 25.8. The average Bonchev–Trinajstić information content (AvgIpc) is 2.79. The number of aromatic hydroxyl groups is 2. The number of carbonyl (C=O) groups is 1. The third kappa shape index (κ3) is 5.10. The largest absolute Gasteiger partial charge is 0.508 e. The van der Waals surface area contributed by atoms with Crippen LogP contribution < -0.4 is 0 Å². The first-order valence-electron chi connectivity index (χ1n) is 11.6. The second-order valence-electron chi connectivity index (χ2n) is 10.8. The highest BCUT2D eigenvalue weighted by Crippen LogP contribution is 2.45. The van der Waals surface area contributed by atoms with Gasteiger partial charge in [-0.2, -0.15) is 0 Å². The first-order valence-corrected chi connectivity index (χ1v) is 11.6. The van der Waals surface area contributed by atoms with Gasteiger partial charge in [-0.25, -0.2) is 0 Å². The molecule has 0 fully saturated rings. The Morgan fingerprint density at radius 2 is 1.91 bits per heavy atom. The molecule has 5 nitrogen and oxygen atoms in total. The molecule has 0 aromatic heterocycles. The zero-order chi connectivity index (χ0) is 23.8. The highest BCUT2D eigenvalue weighted by Gasteiger charge is 2.45. The van der Waals surface area contributed by atoms with Crippen molar-refractivity contribution in [1.29, 1.82) is 0 Å². The number of benzene rings is 1. The van der Waals surface area contributed by atoms with Crippen LogP contribution in [0.15, 0.2) is 34.9 Å². The maximum atomic E-state index is 13.1. The lowest BCUT2D eigenvalue weighted by molar-refractivity contribution is -0.148. The predicted octanol–water partition coefficient (Wildman–Crippen LogP) is 5.29. The van der Waals surface area contributed by atoms with Gasteiger partial charge in [0.2, 0.25) is 0 Å². The first-order chi connectivity index (χ1) is 14.8. The minimum atomic E-state index is -0.748. The maximum absolute atomic E-state index is 13.1. The summed E-state index contributed by atoms with van der Waals surface area (Å²) in [5.74, 6) is 0.446. The van der Waals surface area contributed by atoms with E-state index in [0.717, 1.165) is 29.6 Å². The van der Waals surface area contributed by atoms with Crippen molar-refractivity contribution in [1.82, 2.24) is 0 Å². The molecule has 1 aromatic rings. The number of phenols is 2. The summed E-state index contributed by atoms with van der Waals surface area (Å²) in [6.07, 6.45) is 4.61. The van der Waals surface area contributed by atoms with Crippen LogP contribution in [0.5, 0.6) is 11.5 Å². The van der Waals surface area contributed by atoms with E-state index >= 15 is 0 Å². The molecule has 0 unspecified atom stereocenters. The van der Waals surface area contributed by atoms with Crippen LogP contribution in [0.2, 0.25) is 0 Å². The average molecular weight is 443 g/mol. The number of phenolic OH excluding ortho intramolecular Hbond substituents is 2. The third-order valence-corrected chi connectivity index (χ3v) is 7.10. The Kier molecular flexibility index (Phi) is 6.92. The Morgan fingerprint density at radius 1 is 1.22 bits per heavy atom. The van der Waals surface area contributed by atoms with Crippen molar-refractivity contribution in [3.63, 3.8) is 0 Å². The number of Topliss-reactive ketones (excluding diaryl/α,β-unsaturated/α-hetero) is 1. The number of aliphatic hydroxyl groups excluding tert-OH is 1. The smallest absolute Gasteiger partial charge is 0.159 e. The minimum Gasteiger partial charge on any atom is -0.508 e. The Morgan fingerprint density at radius 3 is 2.59 bits per heavy atom. The summed E-state index contributed by atoms with van der Waals surface area (Å²) < 4.78 is 6.55. The first kappa shape index (κ1) is 24.5. The van der Waals surface area contributed by atoms with Crippen LogP contribution in [0.25, 0.3) is 0 Å². The van der Waals surface area contributed by atoms with Gasteiger partial charge in [-0.1, -0.05) is 25.5 Å². The summed E-state index contributed by atoms with van der Waals surface area (Å²) in [7, 11) is 0. The van der Waals surface area contributed by atoms with E-state index in [0.29, 0.717) is 36.8 Å². The zero-order valence-electron chi connectivity index (χ0n) is 20.3. The highest BCUT2D eigenvalue weighted by molar-refractivity contribution is 5.96. The van der Waals surface area contributed by atoms with E-state index in [2.05, 4.69) is 13.8 Å². The molecule has 32 heavy (non-hydrogen) atoms. The van der Waals surface area contributed by atoms with E-state index in [1.165, 1.54) is 0 Å². The molecule has 0 amide bonds. The molecule has 2 bridgehead atoms. The molecular formula is C27H38O5. The molecule has 3 N–H and O–H groups in total. The van der Waals surface area contributed by atoms with Gasteiger partial charge in [-0.3, -0.25) is 4.79 Å². The number of aliphatic hydroxyl groups is 1. The third-order valence-electron chi connectivity index (χ3n) is 7.10. The van der Waals surface area contributed by atoms with Crippen molar-refractivity contribution in [2.24, 2.45) is 5.41 Å². The van der Waals surface area contributed by atoms with E-state index in [-0.39, 0.29) is 28.8 Å². The van der Waals surface area contributed by atoms with Crippen molar-refractivity contribution in [3.8, 4) is 11.5 Å². The zero-order valence-corrected chi connectivity index (χ0v) is 20.3. The summed E-state index contributed by atoms with van der Waals surface area (Å²) in [6.45, 7) is 12.0. The van der Waals surface area contributed by atoms with Crippen LogP contribution in [0.4, 0.5) is 0 Å². The summed E-state index contributed by atoms with van der Waals surface area (Å²) in [5, 5.41) is 31.1. The van der Waals surface area contributed by atoms with Gasteiger partial charge in [0.15, 0.2) is 5.78 Å². The van der Waals surface area contributed by atoms with Crippen LogP contribution in [0.3, 0.4) is 0 Å². The molecule has 1 aromatic carbocycles. The van der Waals surface area contributed by atoms with Crippen LogP contribution in [0, 0.1) is 12.3 Å². The number of hydrogen-bond donors (Lipinski definition) is 3. The van der Waals surface area contributed by atoms with Crippen molar-refractivity contribution in [2.45, 2.75) is 97.9 Å². The lowest BCUT2D eigenvalue weighted by Crippen LogP contribution is -2.45. The standard InChI is InChI=1S/C27H38O5/c1-16(9-10-18-14-19(28)13-17(2)24(18)31)12-21-20-15-23(30)27(5,6)32-25(21)26(3,4)11-7-8-22(20)29/h9,13-14,23,25,28,30-31H,7-8,10-12,15H2,1-6H3/b16-9-/t23-,25-/m1/s1. The monoisotopic (exact) mass is 442 g/mol. The van der Waals surface area contributed by atoms with Crippen molar-refractivity contribution in [2.75, 3.05) is 0 Å². The van der Waals surface area contributed by atoms with Gasteiger partial charge < -0.3 is 20.1 Å². The quantitative estimate of drug-likeness (QED) is 0.436. The maximum Gasteiger partial charge on any atom is 0.159 e. The molecule has 0 saturated heterocycles. The van der Waals surface area contributed by atoms with Crippen molar-refractivity contribution in [3.05, 3.63) is 46.1 Å². The SMILES string of the molecule is C/C(=C/Cc1cc(O)cc(C)c1O)CC1=C2C[C@@H](O)C(C)(C)O[C@H]1C(C)(C)CCCC2=O. The summed E-state index contributed by atoms with van der Waals surface area (Å²) in [5.41, 5.74) is 3.16. The molecule has 2 atom stereocenters. The van der Waals surface area contributed by atoms with Gasteiger partial charge in [-0.15, -0.1) is 0 Å². The second kappa shape index (κ2) is 9.03. The lowest BCUT2D eigenvalue weighted by Gasteiger charge is -2.41. The number of ketones is 1. The summed E-state index contributed by atoms with van der Waals surface area (Å²) in [4.78, 5) is 13.1. The fourth-order valence-corrected chi connectivity index (χ4v) is 4.94. The fraction of sp³-hybridized carbons (Fsp3) is 0.593. The molecule has 1 aliphatic carbocycles. The van der Waals surface area contributed by atoms with Crippen LogP contribution >= 0.6 is 0 Å². The predicted molar refractivity (Wildman–Crippen MR) is 126 cm³/mol. The van der Waals surface area contributed by atoms with E-state index in [1.807, 2.05) is 26.8 Å². The number of aryl methyl sites for hydroxylation is 1. The molecule has 1 heterocycles. The van der Waals surface area contributed by atoms with Gasteiger partial charge in [-0.05, 0) is 87.6 Å². The number of ether oxygens (including phenoxy) is 1. The Labute approximate surface area is 191 Å².